The molecule has 4 heteroatoms. The van der Waals surface area contributed by atoms with E-state index in [9.17, 15) is 0 Å². The summed E-state index contributed by atoms with van der Waals surface area (Å²) in [5.41, 5.74) is 5.22. The summed E-state index contributed by atoms with van der Waals surface area (Å²) in [6.07, 6.45) is 0.608. The zero-order valence-electron chi connectivity index (χ0n) is 10.5. The number of nitrogens with two attached hydrogens (primary N) is 1. The van der Waals surface area contributed by atoms with Crippen molar-refractivity contribution in [3.63, 3.8) is 0 Å². The van der Waals surface area contributed by atoms with E-state index in [0.717, 1.165) is 11.5 Å². The molecule has 0 heterocycles. The van der Waals surface area contributed by atoms with Gasteiger partial charge in [0, 0.05) is 12.0 Å². The first-order valence-electron chi connectivity index (χ1n) is 5.83. The molecule has 1 atom stereocenters. The van der Waals surface area contributed by atoms with Crippen LogP contribution in [0.5, 0.6) is 11.5 Å². The van der Waals surface area contributed by atoms with Crippen molar-refractivity contribution in [1.82, 2.24) is 0 Å². The summed E-state index contributed by atoms with van der Waals surface area (Å²) in [6.45, 7) is 4.85. The lowest BCUT2D eigenvalue weighted by atomic mass is 10.0. The van der Waals surface area contributed by atoms with Crippen molar-refractivity contribution in [3.8, 4) is 11.5 Å². The fraction of sp³-hybridized carbons (Fsp3) is 0.538. The summed E-state index contributed by atoms with van der Waals surface area (Å²) in [4.78, 5) is 0. The first-order valence-corrected chi connectivity index (χ1v) is 5.83. The quantitative estimate of drug-likeness (QED) is 0.758. The summed E-state index contributed by atoms with van der Waals surface area (Å²) in [5, 5.41) is 8.99. The van der Waals surface area contributed by atoms with Crippen LogP contribution in [0.15, 0.2) is 24.3 Å². The maximum Gasteiger partial charge on any atom is 0.119 e. The van der Waals surface area contributed by atoms with E-state index in [-0.39, 0.29) is 6.61 Å². The SMILES string of the molecule is CCOc1ccc(OCCC(C)(N)CO)cc1. The van der Waals surface area contributed by atoms with E-state index in [0.29, 0.717) is 19.6 Å². The molecule has 0 aromatic heterocycles. The van der Waals surface area contributed by atoms with Crippen LogP contribution in [0.3, 0.4) is 0 Å². The molecule has 0 saturated carbocycles. The summed E-state index contributed by atoms with van der Waals surface area (Å²) in [5.74, 6) is 1.61. The van der Waals surface area contributed by atoms with E-state index in [1.165, 1.54) is 0 Å². The minimum Gasteiger partial charge on any atom is -0.494 e. The highest BCUT2D eigenvalue weighted by atomic mass is 16.5. The van der Waals surface area contributed by atoms with Crippen LogP contribution in [-0.4, -0.2) is 30.5 Å². The van der Waals surface area contributed by atoms with Crippen LogP contribution in [0.4, 0.5) is 0 Å². The largest absolute Gasteiger partial charge is 0.494 e. The van der Waals surface area contributed by atoms with E-state index >= 15 is 0 Å². The lowest BCUT2D eigenvalue weighted by Gasteiger charge is -2.21. The summed E-state index contributed by atoms with van der Waals surface area (Å²) in [7, 11) is 0. The highest BCUT2D eigenvalue weighted by Gasteiger charge is 2.16. The first-order chi connectivity index (χ1) is 8.07. The van der Waals surface area contributed by atoms with Gasteiger partial charge in [-0.15, -0.1) is 0 Å². The van der Waals surface area contributed by atoms with Crippen LogP contribution >= 0.6 is 0 Å². The molecule has 0 saturated heterocycles. The molecule has 4 nitrogen and oxygen atoms in total. The van der Waals surface area contributed by atoms with E-state index in [4.69, 9.17) is 20.3 Å². The maximum absolute atomic E-state index is 8.99. The van der Waals surface area contributed by atoms with Crippen LogP contribution in [0.2, 0.25) is 0 Å². The van der Waals surface area contributed by atoms with Gasteiger partial charge in [0.1, 0.15) is 11.5 Å². The first kappa shape index (κ1) is 13.8. The van der Waals surface area contributed by atoms with Crippen LogP contribution in [0, 0.1) is 0 Å². The van der Waals surface area contributed by atoms with E-state index in [1.807, 2.05) is 31.2 Å². The normalized spacial score (nSPS) is 14.1. The number of rotatable bonds is 7. The van der Waals surface area contributed by atoms with Crippen molar-refractivity contribution in [2.75, 3.05) is 19.8 Å². The number of hydrogen-bond acceptors (Lipinski definition) is 4. The second kappa shape index (κ2) is 6.47. The van der Waals surface area contributed by atoms with Gasteiger partial charge in [-0.05, 0) is 38.1 Å². The van der Waals surface area contributed by atoms with Crippen molar-refractivity contribution in [2.24, 2.45) is 5.73 Å². The van der Waals surface area contributed by atoms with Gasteiger partial charge in [-0.2, -0.15) is 0 Å². The molecule has 0 fully saturated rings. The smallest absolute Gasteiger partial charge is 0.119 e. The predicted molar refractivity (Wildman–Crippen MR) is 67.4 cm³/mol. The molecule has 1 aromatic rings. The molecule has 1 unspecified atom stereocenters. The third-order valence-electron chi connectivity index (χ3n) is 2.44. The molecule has 0 amide bonds. The van der Waals surface area contributed by atoms with Crippen molar-refractivity contribution in [1.29, 1.82) is 0 Å². The fourth-order valence-electron chi connectivity index (χ4n) is 1.28. The van der Waals surface area contributed by atoms with Crippen LogP contribution in [0.1, 0.15) is 20.3 Å². The third-order valence-corrected chi connectivity index (χ3v) is 2.44. The predicted octanol–water partition coefficient (Wildman–Crippen LogP) is 1.56. The molecule has 0 aliphatic carbocycles. The molecule has 1 aromatic carbocycles. The standard InChI is InChI=1S/C13H21NO3/c1-3-16-11-4-6-12(7-5-11)17-9-8-13(2,14)10-15/h4-7,15H,3,8-10,14H2,1-2H3. The molecule has 0 bridgehead atoms. The number of aliphatic hydroxyl groups excluding tert-OH is 1. The highest BCUT2D eigenvalue weighted by molar-refractivity contribution is 5.31. The Balaban J connectivity index is 2.37. The van der Waals surface area contributed by atoms with E-state index in [2.05, 4.69) is 0 Å². The number of ether oxygens (including phenoxy) is 2. The van der Waals surface area contributed by atoms with Gasteiger partial charge >= 0.3 is 0 Å². The topological polar surface area (TPSA) is 64.7 Å². The van der Waals surface area contributed by atoms with E-state index in [1.54, 1.807) is 6.92 Å². The number of aliphatic hydroxyl groups is 1. The Labute approximate surface area is 102 Å². The average Bonchev–Trinajstić information content (AvgIpc) is 2.32. The average molecular weight is 239 g/mol. The van der Waals surface area contributed by atoms with Gasteiger partial charge in [-0.25, -0.2) is 0 Å². The zero-order chi connectivity index (χ0) is 12.7. The monoisotopic (exact) mass is 239 g/mol. The minimum absolute atomic E-state index is 0.0420. The zero-order valence-corrected chi connectivity index (χ0v) is 10.5. The lowest BCUT2D eigenvalue weighted by Crippen LogP contribution is -2.41. The van der Waals surface area contributed by atoms with Crippen molar-refractivity contribution >= 4 is 0 Å². The number of hydrogen-bond donors (Lipinski definition) is 2. The van der Waals surface area contributed by atoms with Gasteiger partial charge < -0.3 is 20.3 Å². The third kappa shape index (κ3) is 5.06. The Bertz CT molecular complexity index is 322. The molecule has 0 aliphatic rings. The summed E-state index contributed by atoms with van der Waals surface area (Å²) < 4.78 is 10.9. The fourth-order valence-corrected chi connectivity index (χ4v) is 1.28. The Morgan fingerprint density at radius 3 is 2.18 bits per heavy atom. The second-order valence-corrected chi connectivity index (χ2v) is 4.32. The molecule has 96 valence electrons. The molecular weight excluding hydrogens is 218 g/mol. The van der Waals surface area contributed by atoms with Crippen LogP contribution < -0.4 is 15.2 Å². The highest BCUT2D eigenvalue weighted by Crippen LogP contribution is 2.18. The Kier molecular flexibility index (Phi) is 5.25. The van der Waals surface area contributed by atoms with E-state index < -0.39 is 5.54 Å². The Morgan fingerprint density at radius 2 is 1.71 bits per heavy atom. The van der Waals surface area contributed by atoms with Gasteiger partial charge in [-0.1, -0.05) is 0 Å². The maximum atomic E-state index is 8.99. The lowest BCUT2D eigenvalue weighted by molar-refractivity contribution is 0.175. The molecule has 17 heavy (non-hydrogen) atoms. The molecular formula is C13H21NO3. The van der Waals surface area contributed by atoms with Gasteiger partial charge in [0.05, 0.1) is 19.8 Å². The van der Waals surface area contributed by atoms with Crippen LogP contribution in [-0.2, 0) is 0 Å². The van der Waals surface area contributed by atoms with Gasteiger partial charge in [0.25, 0.3) is 0 Å². The minimum atomic E-state index is -0.578. The molecule has 3 N–H and O–H groups in total. The molecule has 0 spiro atoms. The molecule has 0 aliphatic heterocycles. The summed E-state index contributed by atoms with van der Waals surface area (Å²) in [6, 6.07) is 7.45. The van der Waals surface area contributed by atoms with Gasteiger partial charge in [0.15, 0.2) is 0 Å². The van der Waals surface area contributed by atoms with Gasteiger partial charge in [0.2, 0.25) is 0 Å². The second-order valence-electron chi connectivity index (χ2n) is 4.32. The van der Waals surface area contributed by atoms with Crippen LogP contribution in [0.25, 0.3) is 0 Å². The number of benzene rings is 1. The van der Waals surface area contributed by atoms with Gasteiger partial charge in [-0.3, -0.25) is 0 Å². The van der Waals surface area contributed by atoms with Crippen molar-refractivity contribution in [3.05, 3.63) is 24.3 Å². The Morgan fingerprint density at radius 1 is 1.18 bits per heavy atom. The van der Waals surface area contributed by atoms with Crippen molar-refractivity contribution < 1.29 is 14.6 Å². The summed E-state index contributed by atoms with van der Waals surface area (Å²) >= 11 is 0. The molecule has 0 radical (unpaired) electrons. The molecule has 1 rings (SSSR count). The van der Waals surface area contributed by atoms with Crippen molar-refractivity contribution in [2.45, 2.75) is 25.8 Å². The Hall–Kier alpha value is -1.26.